The van der Waals surface area contributed by atoms with E-state index in [1.54, 1.807) is 19.2 Å². The fourth-order valence-corrected chi connectivity index (χ4v) is 3.90. The fourth-order valence-electron chi connectivity index (χ4n) is 3.90. The van der Waals surface area contributed by atoms with Gasteiger partial charge in [0.25, 0.3) is 5.56 Å². The highest BCUT2D eigenvalue weighted by Gasteiger charge is 2.23. The van der Waals surface area contributed by atoms with Gasteiger partial charge in [-0.25, -0.2) is 5.10 Å². The summed E-state index contributed by atoms with van der Waals surface area (Å²) in [6.07, 6.45) is 0.0930. The van der Waals surface area contributed by atoms with Gasteiger partial charge in [-0.05, 0) is 23.8 Å². The maximum Gasteiger partial charge on any atom is 0.272 e. The molecule has 1 unspecified atom stereocenters. The predicted octanol–water partition coefficient (Wildman–Crippen LogP) is 1.66. The van der Waals surface area contributed by atoms with E-state index in [1.165, 1.54) is 0 Å². The number of aromatic nitrogens is 2. The summed E-state index contributed by atoms with van der Waals surface area (Å²) in [4.78, 5) is 27.0. The van der Waals surface area contributed by atoms with Crippen LogP contribution in [0.15, 0.2) is 53.3 Å². The average molecular weight is 422 g/mol. The lowest BCUT2D eigenvalue weighted by molar-refractivity contribution is -0.120. The van der Waals surface area contributed by atoms with Crippen LogP contribution in [-0.4, -0.2) is 61.0 Å². The molecule has 162 valence electrons. The molecule has 1 saturated heterocycles. The van der Waals surface area contributed by atoms with E-state index < -0.39 is 0 Å². The number of carbonyl (C=O) groups excluding carboxylic acids is 1. The summed E-state index contributed by atoms with van der Waals surface area (Å²) in [6.45, 7) is 3.42. The van der Waals surface area contributed by atoms with Gasteiger partial charge in [0.1, 0.15) is 5.75 Å². The van der Waals surface area contributed by atoms with E-state index in [9.17, 15) is 9.59 Å². The van der Waals surface area contributed by atoms with Crippen LogP contribution in [0, 0.1) is 0 Å². The second-order valence-corrected chi connectivity index (χ2v) is 7.46. The number of aromatic amines is 1. The summed E-state index contributed by atoms with van der Waals surface area (Å²) in [5.41, 5.74) is 1.40. The van der Waals surface area contributed by atoms with Crippen LogP contribution in [0.5, 0.6) is 5.75 Å². The Hall–Kier alpha value is -3.23. The zero-order valence-electron chi connectivity index (χ0n) is 17.5. The number of rotatable bonds is 7. The highest BCUT2D eigenvalue weighted by molar-refractivity contribution is 5.88. The van der Waals surface area contributed by atoms with Crippen molar-refractivity contribution in [3.8, 4) is 5.75 Å². The van der Waals surface area contributed by atoms with Crippen molar-refractivity contribution in [2.45, 2.75) is 12.5 Å². The second kappa shape index (κ2) is 9.72. The number of nitrogens with one attached hydrogen (secondary N) is 2. The summed E-state index contributed by atoms with van der Waals surface area (Å²) in [5.74, 6) is 0.654. The van der Waals surface area contributed by atoms with Crippen LogP contribution in [0.2, 0.25) is 0 Å². The van der Waals surface area contributed by atoms with E-state index in [1.807, 2.05) is 36.4 Å². The molecule has 8 heteroatoms. The fraction of sp³-hybridized carbons (Fsp3) is 0.348. The van der Waals surface area contributed by atoms with Gasteiger partial charge >= 0.3 is 0 Å². The summed E-state index contributed by atoms with van der Waals surface area (Å²) in [6, 6.07) is 15.1. The molecule has 1 fully saturated rings. The number of hydrogen-bond donors (Lipinski definition) is 2. The molecule has 1 amide bonds. The van der Waals surface area contributed by atoms with Crippen molar-refractivity contribution in [2.24, 2.45) is 0 Å². The summed E-state index contributed by atoms with van der Waals surface area (Å²) >= 11 is 0. The van der Waals surface area contributed by atoms with Crippen LogP contribution < -0.4 is 15.6 Å². The molecule has 0 spiro atoms. The standard InChI is InChI=1S/C23H26N4O4/c1-30-17-8-6-16(7-9-17)21(27-10-12-31-13-11-27)15-24-22(28)14-20-18-4-2-3-5-19(18)23(29)26-25-20/h2-9,21H,10-15H2,1H3,(H,24,28)(H,26,29). The number of amides is 1. The third kappa shape index (κ3) is 4.92. The lowest BCUT2D eigenvalue weighted by atomic mass is 10.0. The lowest BCUT2D eigenvalue weighted by Crippen LogP contribution is -2.44. The quantitative estimate of drug-likeness (QED) is 0.601. The smallest absolute Gasteiger partial charge is 0.272 e. The molecule has 1 atom stereocenters. The molecule has 0 bridgehead atoms. The first-order chi connectivity index (χ1) is 15.2. The van der Waals surface area contributed by atoms with Gasteiger partial charge < -0.3 is 14.8 Å². The third-order valence-corrected chi connectivity index (χ3v) is 5.58. The molecule has 31 heavy (non-hydrogen) atoms. The number of methoxy groups -OCH3 is 1. The molecule has 4 rings (SSSR count). The van der Waals surface area contributed by atoms with E-state index in [0.29, 0.717) is 36.2 Å². The van der Waals surface area contributed by atoms with Gasteiger partial charge in [0.05, 0.1) is 43.9 Å². The monoisotopic (exact) mass is 422 g/mol. The molecular formula is C23H26N4O4. The zero-order valence-corrected chi connectivity index (χ0v) is 17.5. The molecule has 1 aromatic heterocycles. The number of ether oxygens (including phenoxy) is 2. The minimum atomic E-state index is -0.258. The number of morpholine rings is 1. The Balaban J connectivity index is 1.48. The number of hydrogen-bond acceptors (Lipinski definition) is 6. The maximum absolute atomic E-state index is 12.8. The number of nitrogens with zero attached hydrogens (tertiary/aromatic N) is 2. The van der Waals surface area contributed by atoms with E-state index >= 15 is 0 Å². The van der Waals surface area contributed by atoms with Gasteiger partial charge in [-0.15, -0.1) is 0 Å². The molecule has 2 heterocycles. The van der Waals surface area contributed by atoms with Crippen molar-refractivity contribution in [1.29, 1.82) is 0 Å². The van der Waals surface area contributed by atoms with Crippen molar-refractivity contribution in [1.82, 2.24) is 20.4 Å². The Bertz CT molecular complexity index is 1090. The second-order valence-electron chi connectivity index (χ2n) is 7.46. The molecule has 1 aliphatic heterocycles. The maximum atomic E-state index is 12.8. The van der Waals surface area contributed by atoms with Crippen molar-refractivity contribution in [3.05, 3.63) is 70.1 Å². The van der Waals surface area contributed by atoms with Gasteiger partial charge in [-0.3, -0.25) is 14.5 Å². The number of H-pyrrole nitrogens is 1. The van der Waals surface area contributed by atoms with Gasteiger partial charge in [-0.1, -0.05) is 30.3 Å². The molecule has 1 aliphatic rings. The van der Waals surface area contributed by atoms with Crippen molar-refractivity contribution < 1.29 is 14.3 Å². The van der Waals surface area contributed by atoms with Gasteiger partial charge in [-0.2, -0.15) is 5.10 Å². The Morgan fingerprint density at radius 1 is 1.16 bits per heavy atom. The van der Waals surface area contributed by atoms with E-state index in [4.69, 9.17) is 9.47 Å². The number of benzene rings is 2. The molecule has 3 aromatic rings. The molecule has 8 nitrogen and oxygen atoms in total. The summed E-state index contributed by atoms with van der Waals surface area (Å²) in [7, 11) is 1.64. The van der Waals surface area contributed by atoms with Crippen LogP contribution in [0.1, 0.15) is 17.3 Å². The van der Waals surface area contributed by atoms with Crippen molar-refractivity contribution in [2.75, 3.05) is 40.0 Å². The predicted molar refractivity (Wildman–Crippen MR) is 117 cm³/mol. The first kappa shape index (κ1) is 21.0. The molecule has 0 aliphatic carbocycles. The van der Waals surface area contributed by atoms with E-state index in [2.05, 4.69) is 20.4 Å². The Labute approximate surface area is 180 Å². The Morgan fingerprint density at radius 3 is 2.58 bits per heavy atom. The highest BCUT2D eigenvalue weighted by atomic mass is 16.5. The SMILES string of the molecule is COc1ccc(C(CNC(=O)Cc2n[nH]c(=O)c3ccccc23)N2CCOCC2)cc1. The minimum Gasteiger partial charge on any atom is -0.497 e. The first-order valence-electron chi connectivity index (χ1n) is 10.3. The normalized spacial score (nSPS) is 15.5. The summed E-state index contributed by atoms with van der Waals surface area (Å²) in [5, 5.41) is 10.9. The topological polar surface area (TPSA) is 96.5 Å². The van der Waals surface area contributed by atoms with Crippen molar-refractivity contribution in [3.63, 3.8) is 0 Å². The molecular weight excluding hydrogens is 396 g/mol. The number of fused-ring (bicyclic) bond motifs is 1. The molecule has 0 radical (unpaired) electrons. The Morgan fingerprint density at radius 2 is 1.87 bits per heavy atom. The van der Waals surface area contributed by atoms with Crippen LogP contribution in [-0.2, 0) is 16.0 Å². The third-order valence-electron chi connectivity index (χ3n) is 5.58. The largest absolute Gasteiger partial charge is 0.497 e. The van der Waals surface area contributed by atoms with Crippen molar-refractivity contribution >= 4 is 16.7 Å². The zero-order chi connectivity index (χ0) is 21.6. The van der Waals surface area contributed by atoms with E-state index in [-0.39, 0.29) is 23.9 Å². The summed E-state index contributed by atoms with van der Waals surface area (Å²) < 4.78 is 10.8. The highest BCUT2D eigenvalue weighted by Crippen LogP contribution is 2.24. The van der Waals surface area contributed by atoms with Crippen LogP contribution in [0.3, 0.4) is 0 Å². The average Bonchev–Trinajstić information content (AvgIpc) is 2.82. The lowest BCUT2D eigenvalue weighted by Gasteiger charge is -2.35. The van der Waals surface area contributed by atoms with E-state index in [0.717, 1.165) is 24.4 Å². The van der Waals surface area contributed by atoms with Crippen LogP contribution >= 0.6 is 0 Å². The molecule has 0 saturated carbocycles. The molecule has 2 aromatic carbocycles. The van der Waals surface area contributed by atoms with Gasteiger partial charge in [0.2, 0.25) is 5.91 Å². The van der Waals surface area contributed by atoms with Crippen LogP contribution in [0.25, 0.3) is 10.8 Å². The first-order valence-corrected chi connectivity index (χ1v) is 10.3. The van der Waals surface area contributed by atoms with Gasteiger partial charge in [0.15, 0.2) is 0 Å². The number of carbonyl (C=O) groups is 1. The van der Waals surface area contributed by atoms with Crippen LogP contribution in [0.4, 0.5) is 0 Å². The minimum absolute atomic E-state index is 0.0269. The molecule has 2 N–H and O–H groups in total. The van der Waals surface area contributed by atoms with Gasteiger partial charge in [0, 0.05) is 25.0 Å². The Kier molecular flexibility index (Phi) is 6.59.